The fraction of sp³-hybridized carbons (Fsp3) is 0.0500. The summed E-state index contributed by atoms with van der Waals surface area (Å²) in [6.07, 6.45) is 2.78. The molecule has 0 aliphatic heterocycles. The number of aromatic nitrogens is 1. The predicted octanol–water partition coefficient (Wildman–Crippen LogP) is 6.10. The van der Waals surface area contributed by atoms with Gasteiger partial charge in [0.15, 0.2) is 17.0 Å². The van der Waals surface area contributed by atoms with Crippen LogP contribution in [0.1, 0.15) is 10.4 Å². The maximum Gasteiger partial charge on any atom is 0.256 e. The van der Waals surface area contributed by atoms with E-state index in [9.17, 15) is 4.79 Å². The van der Waals surface area contributed by atoms with Crippen LogP contribution in [0.5, 0.6) is 5.75 Å². The van der Waals surface area contributed by atoms with E-state index in [2.05, 4.69) is 15.1 Å². The summed E-state index contributed by atoms with van der Waals surface area (Å²) in [7, 11) is 1.52. The van der Waals surface area contributed by atoms with Crippen LogP contribution in [-0.4, -0.2) is 18.0 Å². The van der Waals surface area contributed by atoms with Crippen molar-refractivity contribution in [2.24, 2.45) is 0 Å². The van der Waals surface area contributed by atoms with Gasteiger partial charge < -0.3 is 14.5 Å². The van der Waals surface area contributed by atoms with Crippen molar-refractivity contribution >= 4 is 62.4 Å². The average Bonchev–Trinajstić information content (AvgIpc) is 3.08. The molecule has 0 saturated heterocycles. The number of amides is 1. The molecule has 2 aromatic heterocycles. The third-order valence-corrected chi connectivity index (χ3v) is 4.82. The molecule has 0 saturated carbocycles. The zero-order valence-electron chi connectivity index (χ0n) is 14.4. The first kappa shape index (κ1) is 18.1. The zero-order valence-corrected chi connectivity index (χ0v) is 15.9. The molecule has 6 nitrogen and oxygen atoms in total. The lowest BCUT2D eigenvalue weighted by Crippen LogP contribution is -2.13. The van der Waals surface area contributed by atoms with Gasteiger partial charge in [-0.3, -0.25) is 9.78 Å². The number of nitrogens with one attached hydrogen (secondary N) is 1. The van der Waals surface area contributed by atoms with Gasteiger partial charge in [0.05, 0.1) is 35.0 Å². The van der Waals surface area contributed by atoms with Crippen LogP contribution in [-0.2, 0) is 0 Å². The van der Waals surface area contributed by atoms with Gasteiger partial charge in [-0.25, -0.2) is 4.85 Å². The first-order chi connectivity index (χ1) is 13.5. The number of hydrogen-bond donors (Lipinski definition) is 1. The number of carbonyl (C=O) groups is 1. The smallest absolute Gasteiger partial charge is 0.256 e. The van der Waals surface area contributed by atoms with Gasteiger partial charge in [0.1, 0.15) is 5.58 Å². The highest BCUT2D eigenvalue weighted by molar-refractivity contribution is 6.40. The molecule has 1 amide bonds. The van der Waals surface area contributed by atoms with E-state index in [0.717, 1.165) is 0 Å². The summed E-state index contributed by atoms with van der Waals surface area (Å²) in [5.41, 5.74) is 1.99. The first-order valence-electron chi connectivity index (χ1n) is 8.04. The molecular weight excluding hydrogens is 401 g/mol. The van der Waals surface area contributed by atoms with Gasteiger partial charge in [0.25, 0.3) is 5.91 Å². The maximum absolute atomic E-state index is 13.0. The van der Waals surface area contributed by atoms with Gasteiger partial charge in [-0.2, -0.15) is 0 Å². The summed E-state index contributed by atoms with van der Waals surface area (Å²) in [5.74, 6) is 0.0469. The highest BCUT2D eigenvalue weighted by Gasteiger charge is 2.21. The van der Waals surface area contributed by atoms with Crippen LogP contribution >= 0.6 is 23.2 Å². The monoisotopic (exact) mass is 411 g/mol. The number of ether oxygens (including phenoxy) is 1. The Hall–Kier alpha value is -3.27. The number of benzene rings is 2. The summed E-state index contributed by atoms with van der Waals surface area (Å²) in [5, 5.41) is 4.34. The number of methoxy groups -OCH3 is 1. The largest absolute Gasteiger partial charge is 0.493 e. The number of carbonyl (C=O) groups excluding carboxylic acids is 1. The average molecular weight is 412 g/mol. The summed E-state index contributed by atoms with van der Waals surface area (Å²) < 4.78 is 11.3. The fourth-order valence-corrected chi connectivity index (χ4v) is 3.43. The molecule has 0 aliphatic carbocycles. The Bertz CT molecular complexity index is 1270. The Morgan fingerprint density at radius 2 is 1.96 bits per heavy atom. The lowest BCUT2D eigenvalue weighted by molar-refractivity contribution is 0.102. The molecule has 2 heterocycles. The van der Waals surface area contributed by atoms with Crippen LogP contribution in [0.15, 0.2) is 47.1 Å². The minimum absolute atomic E-state index is 0.220. The van der Waals surface area contributed by atoms with Crippen LogP contribution < -0.4 is 10.1 Å². The molecule has 8 heteroatoms. The molecule has 4 rings (SSSR count). The van der Waals surface area contributed by atoms with Crippen LogP contribution in [0.2, 0.25) is 10.0 Å². The molecule has 0 radical (unpaired) electrons. The lowest BCUT2D eigenvalue weighted by atomic mass is 10.0. The molecule has 0 bridgehead atoms. The molecule has 28 heavy (non-hydrogen) atoms. The Balaban J connectivity index is 1.93. The van der Waals surface area contributed by atoms with E-state index < -0.39 is 5.91 Å². The first-order valence-corrected chi connectivity index (χ1v) is 8.80. The van der Waals surface area contributed by atoms with Crippen LogP contribution in [0.25, 0.3) is 26.8 Å². The Kier molecular flexibility index (Phi) is 4.55. The van der Waals surface area contributed by atoms with E-state index in [1.807, 2.05) is 0 Å². The van der Waals surface area contributed by atoms with Crippen molar-refractivity contribution < 1.29 is 13.9 Å². The highest BCUT2D eigenvalue weighted by Crippen LogP contribution is 2.39. The van der Waals surface area contributed by atoms with Gasteiger partial charge in [-0.05, 0) is 24.3 Å². The third kappa shape index (κ3) is 2.91. The van der Waals surface area contributed by atoms with Crippen molar-refractivity contribution in [3.8, 4) is 5.75 Å². The van der Waals surface area contributed by atoms with Crippen molar-refractivity contribution in [1.82, 2.24) is 4.98 Å². The maximum atomic E-state index is 13.0. The van der Waals surface area contributed by atoms with Crippen LogP contribution in [0.4, 0.5) is 11.4 Å². The second-order valence-corrected chi connectivity index (χ2v) is 6.66. The molecule has 0 aliphatic rings. The molecule has 138 valence electrons. The number of anilines is 1. The number of rotatable bonds is 3. The van der Waals surface area contributed by atoms with E-state index in [4.69, 9.17) is 38.9 Å². The molecule has 4 aromatic rings. The highest BCUT2D eigenvalue weighted by atomic mass is 35.5. The number of fused-ring (bicyclic) bond motifs is 3. The fourth-order valence-electron chi connectivity index (χ4n) is 2.98. The normalized spacial score (nSPS) is 10.8. The third-order valence-electron chi connectivity index (χ3n) is 4.25. The second kappa shape index (κ2) is 7.04. The van der Waals surface area contributed by atoms with E-state index in [1.165, 1.54) is 19.5 Å². The van der Waals surface area contributed by atoms with Crippen molar-refractivity contribution in [3.05, 3.63) is 69.8 Å². The molecule has 1 N–H and O–H groups in total. The number of pyridine rings is 1. The molecule has 0 atom stereocenters. The van der Waals surface area contributed by atoms with Gasteiger partial charge in [-0.15, -0.1) is 0 Å². The van der Waals surface area contributed by atoms with Gasteiger partial charge in [0.2, 0.25) is 0 Å². The van der Waals surface area contributed by atoms with E-state index in [-0.39, 0.29) is 15.7 Å². The minimum Gasteiger partial charge on any atom is -0.493 e. The van der Waals surface area contributed by atoms with Gasteiger partial charge in [0, 0.05) is 23.2 Å². The van der Waals surface area contributed by atoms with Gasteiger partial charge >= 0.3 is 0 Å². The lowest BCUT2D eigenvalue weighted by Gasteiger charge is -2.10. The summed E-state index contributed by atoms with van der Waals surface area (Å²) in [4.78, 5) is 20.4. The Morgan fingerprint density at radius 3 is 2.64 bits per heavy atom. The molecule has 2 aromatic carbocycles. The number of hydrogen-bond acceptors (Lipinski definition) is 4. The summed E-state index contributed by atoms with van der Waals surface area (Å²) >= 11 is 12.2. The minimum atomic E-state index is -0.432. The van der Waals surface area contributed by atoms with E-state index in [1.54, 1.807) is 30.3 Å². The molecule has 0 spiro atoms. The van der Waals surface area contributed by atoms with Crippen LogP contribution in [0, 0.1) is 6.57 Å². The SMILES string of the molecule is [C-]#[N+]c1ccc2oc3c(OC)ccc(C(=O)Nc4c(Cl)cncc4Cl)c3c2c1. The summed E-state index contributed by atoms with van der Waals surface area (Å²) in [6.45, 7) is 7.25. The molecular formula is C20H11Cl2N3O3. The predicted molar refractivity (Wildman–Crippen MR) is 109 cm³/mol. The Morgan fingerprint density at radius 1 is 1.21 bits per heavy atom. The van der Waals surface area contributed by atoms with Crippen molar-refractivity contribution in [2.45, 2.75) is 0 Å². The number of halogens is 2. The number of furan rings is 1. The van der Waals surface area contributed by atoms with E-state index in [0.29, 0.717) is 38.9 Å². The number of nitrogens with zero attached hydrogens (tertiary/aromatic N) is 2. The molecule has 0 unspecified atom stereocenters. The second-order valence-electron chi connectivity index (χ2n) is 5.85. The van der Waals surface area contributed by atoms with Crippen molar-refractivity contribution in [2.75, 3.05) is 12.4 Å². The standard InChI is InChI=1S/C20H11Cl2N3O3/c1-23-10-3-5-15-12(7-10)17-11(4-6-16(27-2)19(17)28-15)20(26)25-18-13(21)8-24-9-14(18)22/h3-9H,2H3,(H,24,25,26). The topological polar surface area (TPSA) is 68.7 Å². The Labute approximate surface area is 169 Å². The van der Waals surface area contributed by atoms with Crippen molar-refractivity contribution in [1.29, 1.82) is 0 Å². The zero-order chi connectivity index (χ0) is 19.8. The van der Waals surface area contributed by atoms with Crippen LogP contribution in [0.3, 0.4) is 0 Å². The van der Waals surface area contributed by atoms with Gasteiger partial charge in [-0.1, -0.05) is 29.3 Å². The van der Waals surface area contributed by atoms with E-state index >= 15 is 0 Å². The summed E-state index contributed by atoms with van der Waals surface area (Å²) in [6, 6.07) is 8.29. The quantitative estimate of drug-likeness (QED) is 0.413. The van der Waals surface area contributed by atoms with Crippen molar-refractivity contribution in [3.63, 3.8) is 0 Å². The molecule has 0 fully saturated rings.